The van der Waals surface area contributed by atoms with Gasteiger partial charge in [-0.1, -0.05) is 42.2 Å². The van der Waals surface area contributed by atoms with Crippen LogP contribution in [-0.4, -0.2) is 47.5 Å². The van der Waals surface area contributed by atoms with Gasteiger partial charge in [-0.2, -0.15) is 0 Å². The van der Waals surface area contributed by atoms with Crippen molar-refractivity contribution in [3.63, 3.8) is 0 Å². The first-order valence-corrected chi connectivity index (χ1v) is 11.9. The molecule has 0 saturated carbocycles. The van der Waals surface area contributed by atoms with Crippen molar-refractivity contribution in [3.8, 4) is 0 Å². The summed E-state index contributed by atoms with van der Waals surface area (Å²) in [7, 11) is -3.91. The lowest BCUT2D eigenvalue weighted by Crippen LogP contribution is -2.47. The van der Waals surface area contributed by atoms with E-state index in [1.54, 1.807) is 13.0 Å². The average Bonchev–Trinajstić information content (AvgIpc) is 3.10. The normalized spacial score (nSPS) is 12.2. The molecule has 29 heavy (non-hydrogen) atoms. The second kappa shape index (κ2) is 9.80. The first-order chi connectivity index (χ1) is 13.7. The third-order valence-electron chi connectivity index (χ3n) is 3.59. The van der Waals surface area contributed by atoms with E-state index >= 15 is 0 Å². The fraction of sp³-hybridized carbons (Fsp3) is 0.312. The zero-order valence-electron chi connectivity index (χ0n) is 15.6. The van der Waals surface area contributed by atoms with Gasteiger partial charge in [-0.05, 0) is 12.5 Å². The van der Waals surface area contributed by atoms with E-state index in [4.69, 9.17) is 0 Å². The molecule has 1 N–H and O–H groups in total. The second-order valence-electron chi connectivity index (χ2n) is 5.72. The Balaban J connectivity index is 2.32. The number of rotatable bonds is 10. The molecule has 10 nitrogen and oxygen atoms in total. The molecule has 1 aromatic heterocycles. The lowest BCUT2D eigenvalue weighted by molar-refractivity contribution is -0.384. The van der Waals surface area contributed by atoms with Crippen LogP contribution in [-0.2, 0) is 14.8 Å². The molecule has 2 aromatic rings. The van der Waals surface area contributed by atoms with Gasteiger partial charge in [-0.3, -0.25) is 24.5 Å². The van der Waals surface area contributed by atoms with Crippen LogP contribution in [0.1, 0.15) is 13.3 Å². The topological polar surface area (TPSA) is 135 Å². The second-order valence-corrected chi connectivity index (χ2v) is 9.83. The van der Waals surface area contributed by atoms with Gasteiger partial charge >= 0.3 is 0 Å². The molecular weight excluding hydrogens is 438 g/mol. The lowest BCUT2D eigenvalue weighted by atomic mass is 10.2. The van der Waals surface area contributed by atoms with Gasteiger partial charge in [0.1, 0.15) is 6.04 Å². The van der Waals surface area contributed by atoms with Crippen molar-refractivity contribution in [3.05, 3.63) is 47.0 Å². The van der Waals surface area contributed by atoms with Crippen LogP contribution in [0, 0.1) is 10.1 Å². The predicted octanol–water partition coefficient (Wildman–Crippen LogP) is 2.91. The van der Waals surface area contributed by atoms with Gasteiger partial charge in [0.2, 0.25) is 21.1 Å². The molecule has 0 fully saturated rings. The Labute approximate surface area is 176 Å². The van der Waals surface area contributed by atoms with Crippen LogP contribution in [0.5, 0.6) is 0 Å². The first-order valence-electron chi connectivity index (χ1n) is 8.29. The van der Waals surface area contributed by atoms with Crippen LogP contribution in [0.15, 0.2) is 41.3 Å². The summed E-state index contributed by atoms with van der Waals surface area (Å²) in [6.45, 7) is 5.26. The minimum atomic E-state index is -3.91. The Bertz CT molecular complexity index is 1010. The van der Waals surface area contributed by atoms with Crippen molar-refractivity contribution in [2.45, 2.75) is 23.7 Å². The molecule has 0 radical (unpaired) electrons. The lowest BCUT2D eigenvalue weighted by Gasteiger charge is -2.29. The molecule has 0 aliphatic heterocycles. The maximum atomic E-state index is 12.8. The van der Waals surface area contributed by atoms with Crippen LogP contribution in [0.4, 0.5) is 16.5 Å². The molecule has 13 heteroatoms. The molecule has 0 bridgehead atoms. The Hall–Kier alpha value is -2.51. The summed E-state index contributed by atoms with van der Waals surface area (Å²) in [4.78, 5) is 23.2. The maximum absolute atomic E-state index is 12.8. The third-order valence-corrected chi connectivity index (χ3v) is 6.73. The zero-order valence-corrected chi connectivity index (χ0v) is 18.1. The third kappa shape index (κ3) is 5.98. The number of hydrogen-bond acceptors (Lipinski definition) is 9. The van der Waals surface area contributed by atoms with Gasteiger partial charge in [0, 0.05) is 17.9 Å². The molecule has 0 spiro atoms. The van der Waals surface area contributed by atoms with Gasteiger partial charge < -0.3 is 0 Å². The number of amides is 1. The van der Waals surface area contributed by atoms with Crippen LogP contribution in [0.3, 0.4) is 0 Å². The molecule has 156 valence electrons. The Morgan fingerprint density at radius 1 is 1.48 bits per heavy atom. The Kier molecular flexibility index (Phi) is 7.70. The van der Waals surface area contributed by atoms with Gasteiger partial charge in [-0.25, -0.2) is 8.42 Å². The standard InChI is InChI=1S/C16H19N5O5S3/c1-4-9-27-16-19-18-15(28-16)17-14(22)13(5-2)20(29(3,25)26)11-7-6-8-12(10-11)21(23)24/h4,6-8,10,13H,1,5,9H2,2-3H3,(H,17,18,22). The largest absolute Gasteiger partial charge is 0.299 e. The molecule has 1 amide bonds. The van der Waals surface area contributed by atoms with Gasteiger partial charge in [-0.15, -0.1) is 16.8 Å². The molecular formula is C16H19N5O5S3. The Morgan fingerprint density at radius 3 is 2.79 bits per heavy atom. The highest BCUT2D eigenvalue weighted by Crippen LogP contribution is 2.28. The van der Waals surface area contributed by atoms with Crippen LogP contribution in [0.25, 0.3) is 0 Å². The molecule has 1 atom stereocenters. The molecule has 0 aliphatic rings. The van der Waals surface area contributed by atoms with Crippen LogP contribution in [0.2, 0.25) is 0 Å². The SMILES string of the molecule is C=CCSc1nnc(NC(=O)C(CC)N(c2cccc([N+](=O)[O-])c2)S(C)(=O)=O)s1. The number of thioether (sulfide) groups is 1. The van der Waals surface area contributed by atoms with Crippen molar-refractivity contribution in [1.82, 2.24) is 10.2 Å². The van der Waals surface area contributed by atoms with Crippen molar-refractivity contribution in [1.29, 1.82) is 0 Å². The highest BCUT2D eigenvalue weighted by atomic mass is 32.2. The van der Waals surface area contributed by atoms with Crippen LogP contribution >= 0.6 is 23.1 Å². The number of anilines is 2. The number of aromatic nitrogens is 2. The van der Waals surface area contributed by atoms with Crippen molar-refractivity contribution in [2.24, 2.45) is 0 Å². The van der Waals surface area contributed by atoms with Gasteiger partial charge in [0.25, 0.3) is 5.69 Å². The summed E-state index contributed by atoms with van der Waals surface area (Å²) >= 11 is 2.55. The highest BCUT2D eigenvalue weighted by Gasteiger charge is 2.32. The summed E-state index contributed by atoms with van der Waals surface area (Å²) in [6, 6.07) is 4.00. The predicted molar refractivity (Wildman–Crippen MR) is 114 cm³/mol. The zero-order chi connectivity index (χ0) is 21.6. The number of hydrogen-bond donors (Lipinski definition) is 1. The number of nitrogens with zero attached hydrogens (tertiary/aromatic N) is 4. The first kappa shape index (κ1) is 22.8. The molecule has 1 heterocycles. The summed E-state index contributed by atoms with van der Waals surface area (Å²) in [5, 5.41) is 21.7. The number of carbonyl (C=O) groups is 1. The van der Waals surface area contributed by atoms with E-state index in [1.165, 1.54) is 30.0 Å². The summed E-state index contributed by atoms with van der Waals surface area (Å²) in [6.07, 6.45) is 2.79. The van der Waals surface area contributed by atoms with E-state index in [2.05, 4.69) is 22.1 Å². The van der Waals surface area contributed by atoms with Crippen molar-refractivity contribution in [2.75, 3.05) is 21.6 Å². The number of sulfonamides is 1. The molecule has 0 saturated heterocycles. The molecule has 1 aromatic carbocycles. The van der Waals surface area contributed by atoms with E-state index in [1.807, 2.05) is 0 Å². The quantitative estimate of drug-likeness (QED) is 0.189. The summed E-state index contributed by atoms with van der Waals surface area (Å²) in [5.74, 6) is 0.0234. The molecule has 0 aliphatic carbocycles. The minimum absolute atomic E-state index is 0.0307. The highest BCUT2D eigenvalue weighted by molar-refractivity contribution is 8.01. The molecule has 2 rings (SSSR count). The van der Waals surface area contributed by atoms with E-state index in [-0.39, 0.29) is 22.9 Å². The van der Waals surface area contributed by atoms with Crippen LogP contribution < -0.4 is 9.62 Å². The van der Waals surface area contributed by atoms with E-state index in [0.717, 1.165) is 28.0 Å². The van der Waals surface area contributed by atoms with E-state index in [9.17, 15) is 23.3 Å². The monoisotopic (exact) mass is 457 g/mol. The summed E-state index contributed by atoms with van der Waals surface area (Å²) < 4.78 is 26.4. The minimum Gasteiger partial charge on any atom is -0.299 e. The number of non-ortho nitro benzene ring substituents is 1. The maximum Gasteiger partial charge on any atom is 0.271 e. The van der Waals surface area contributed by atoms with Gasteiger partial charge in [0.05, 0.1) is 16.9 Å². The van der Waals surface area contributed by atoms with E-state index < -0.39 is 26.9 Å². The average molecular weight is 458 g/mol. The molecule has 1 unspecified atom stereocenters. The van der Waals surface area contributed by atoms with Gasteiger partial charge in [0.15, 0.2) is 4.34 Å². The Morgan fingerprint density at radius 2 is 2.21 bits per heavy atom. The number of benzene rings is 1. The van der Waals surface area contributed by atoms with E-state index in [0.29, 0.717) is 10.1 Å². The van der Waals surface area contributed by atoms with Crippen molar-refractivity contribution >= 4 is 55.5 Å². The fourth-order valence-electron chi connectivity index (χ4n) is 2.44. The van der Waals surface area contributed by atoms with Crippen molar-refractivity contribution < 1.29 is 18.1 Å². The number of nitro groups is 1. The number of carbonyl (C=O) groups excluding carboxylic acids is 1. The smallest absolute Gasteiger partial charge is 0.271 e. The number of nitro benzene ring substituents is 1. The fourth-order valence-corrected chi connectivity index (χ4v) is 5.16. The number of nitrogens with one attached hydrogen (secondary N) is 1. The summed E-state index contributed by atoms with van der Waals surface area (Å²) in [5.41, 5.74) is -0.248.